The Morgan fingerprint density at radius 2 is 1.91 bits per heavy atom. The molecule has 0 aliphatic carbocycles. The summed E-state index contributed by atoms with van der Waals surface area (Å²) >= 11 is 1.13. The zero-order valence-corrected chi connectivity index (χ0v) is 7.58. The number of Topliss-reactive ketones (excluding diaryl/α,β-unsaturated/α-hetero) is 1. The fourth-order valence-electron chi connectivity index (χ4n) is 0.681. The van der Waals surface area contributed by atoms with Crippen molar-refractivity contribution in [3.05, 3.63) is 11.3 Å². The number of aliphatic hydroxyl groups excluding tert-OH is 1. The lowest BCUT2D eigenvalue weighted by molar-refractivity contribution is -0.113. The van der Waals surface area contributed by atoms with Crippen LogP contribution in [0.1, 0.15) is 13.8 Å². The molecule has 0 unspecified atom stereocenters. The quantitative estimate of drug-likeness (QED) is 0.289. The highest BCUT2D eigenvalue weighted by atomic mass is 32.2. The van der Waals surface area contributed by atoms with Gasteiger partial charge in [0, 0.05) is 0 Å². The first-order valence-corrected chi connectivity index (χ1v) is 4.26. The van der Waals surface area contributed by atoms with Crippen molar-refractivity contribution < 1.29 is 9.90 Å². The SMILES string of the molecule is CSC(=N)C(C(C)=O)=C(C)O. The maximum Gasteiger partial charge on any atom is 0.165 e. The normalized spacial score (nSPS) is 12.3. The lowest BCUT2D eigenvalue weighted by Gasteiger charge is -2.02. The molecule has 0 aliphatic rings. The van der Waals surface area contributed by atoms with Crippen LogP contribution < -0.4 is 0 Å². The first-order valence-electron chi connectivity index (χ1n) is 3.04. The average Bonchev–Trinajstić information content (AvgIpc) is 1.85. The minimum atomic E-state index is -0.274. The van der Waals surface area contributed by atoms with Crippen LogP contribution in [0.2, 0.25) is 0 Å². The Balaban J connectivity index is 4.79. The first-order chi connectivity index (χ1) is 5.00. The largest absolute Gasteiger partial charge is 0.512 e. The molecule has 0 spiro atoms. The fraction of sp³-hybridized carbons (Fsp3) is 0.429. The second kappa shape index (κ2) is 4.18. The van der Waals surface area contributed by atoms with Crippen molar-refractivity contribution in [2.45, 2.75) is 13.8 Å². The van der Waals surface area contributed by atoms with Crippen LogP contribution in [0.5, 0.6) is 0 Å². The van der Waals surface area contributed by atoms with E-state index in [0.717, 1.165) is 11.8 Å². The molecule has 11 heavy (non-hydrogen) atoms. The molecule has 0 aliphatic heterocycles. The third kappa shape index (κ3) is 2.76. The highest BCUT2D eigenvalue weighted by Crippen LogP contribution is 2.11. The highest BCUT2D eigenvalue weighted by molar-refractivity contribution is 8.13. The number of nitrogens with one attached hydrogen (secondary N) is 1. The van der Waals surface area contributed by atoms with Gasteiger partial charge in [0.15, 0.2) is 5.78 Å². The van der Waals surface area contributed by atoms with Crippen molar-refractivity contribution in [3.63, 3.8) is 0 Å². The van der Waals surface area contributed by atoms with Crippen molar-refractivity contribution >= 4 is 22.6 Å². The number of carbonyl (C=O) groups excluding carboxylic acids is 1. The predicted octanol–water partition coefficient (Wildman–Crippen LogP) is 1.75. The summed E-state index contributed by atoms with van der Waals surface area (Å²) in [5.41, 5.74) is 0.109. The second-order valence-electron chi connectivity index (χ2n) is 2.05. The molecule has 0 bridgehead atoms. The summed E-state index contributed by atoms with van der Waals surface area (Å²) in [6, 6.07) is 0. The number of aliphatic hydroxyl groups is 1. The van der Waals surface area contributed by atoms with Gasteiger partial charge in [-0.15, -0.1) is 11.8 Å². The summed E-state index contributed by atoms with van der Waals surface area (Å²) in [7, 11) is 0. The predicted molar refractivity (Wildman–Crippen MR) is 47.3 cm³/mol. The van der Waals surface area contributed by atoms with E-state index in [0.29, 0.717) is 0 Å². The lowest BCUT2D eigenvalue weighted by Crippen LogP contribution is -2.07. The summed E-state index contributed by atoms with van der Waals surface area (Å²) in [6.07, 6.45) is 1.69. The average molecular weight is 173 g/mol. The Bertz CT molecular complexity index is 216. The molecule has 0 aromatic heterocycles. The Kier molecular flexibility index (Phi) is 3.89. The van der Waals surface area contributed by atoms with E-state index in [1.807, 2.05) is 0 Å². The molecule has 4 heteroatoms. The van der Waals surface area contributed by atoms with Crippen molar-refractivity contribution in [3.8, 4) is 0 Å². The molecule has 0 saturated carbocycles. The maximum atomic E-state index is 10.8. The van der Waals surface area contributed by atoms with Crippen LogP contribution in [0.3, 0.4) is 0 Å². The summed E-state index contributed by atoms with van der Waals surface area (Å²) < 4.78 is 0. The van der Waals surface area contributed by atoms with E-state index in [4.69, 9.17) is 10.5 Å². The number of carbonyl (C=O) groups is 1. The summed E-state index contributed by atoms with van der Waals surface area (Å²) in [6.45, 7) is 2.74. The number of hydrogen-bond acceptors (Lipinski definition) is 4. The van der Waals surface area contributed by atoms with E-state index >= 15 is 0 Å². The Labute approximate surface area is 70.0 Å². The molecule has 2 N–H and O–H groups in total. The molecular formula is C7H11NO2S. The van der Waals surface area contributed by atoms with Gasteiger partial charge in [0.1, 0.15) is 10.8 Å². The Morgan fingerprint density at radius 1 is 1.45 bits per heavy atom. The van der Waals surface area contributed by atoms with Gasteiger partial charge in [0.2, 0.25) is 0 Å². The van der Waals surface area contributed by atoms with Crippen LogP contribution in [0, 0.1) is 5.41 Å². The highest BCUT2D eigenvalue weighted by Gasteiger charge is 2.12. The first kappa shape index (κ1) is 10.2. The minimum Gasteiger partial charge on any atom is -0.512 e. The van der Waals surface area contributed by atoms with Crippen molar-refractivity contribution in [1.29, 1.82) is 5.41 Å². The molecule has 0 fully saturated rings. The third-order valence-electron chi connectivity index (χ3n) is 1.15. The molecule has 0 aromatic carbocycles. The molecule has 0 amide bonds. The van der Waals surface area contributed by atoms with Gasteiger partial charge >= 0.3 is 0 Å². The van der Waals surface area contributed by atoms with Gasteiger partial charge in [-0.25, -0.2) is 0 Å². The summed E-state index contributed by atoms with van der Waals surface area (Å²) in [4.78, 5) is 10.8. The Hall–Kier alpha value is -0.770. The summed E-state index contributed by atoms with van der Waals surface area (Å²) in [5.74, 6) is -0.360. The maximum absolute atomic E-state index is 10.8. The van der Waals surface area contributed by atoms with E-state index in [9.17, 15) is 4.79 Å². The van der Waals surface area contributed by atoms with Crippen LogP contribution in [-0.2, 0) is 4.79 Å². The topological polar surface area (TPSA) is 61.2 Å². The van der Waals surface area contributed by atoms with Gasteiger partial charge in [-0.2, -0.15) is 0 Å². The standard InChI is InChI=1S/C7H11NO2S/c1-4(9)6(5(2)10)7(8)11-3/h8-9H,1-3H3. The smallest absolute Gasteiger partial charge is 0.165 e. The van der Waals surface area contributed by atoms with Gasteiger partial charge in [-0.1, -0.05) is 0 Å². The minimum absolute atomic E-state index is 0.0862. The third-order valence-corrected chi connectivity index (χ3v) is 1.76. The van der Waals surface area contributed by atoms with Crippen LogP contribution >= 0.6 is 11.8 Å². The van der Waals surface area contributed by atoms with E-state index in [1.165, 1.54) is 13.8 Å². The molecule has 0 atom stereocenters. The number of thioether (sulfide) groups is 1. The van der Waals surface area contributed by atoms with Crippen LogP contribution in [-0.4, -0.2) is 22.2 Å². The zero-order chi connectivity index (χ0) is 9.02. The van der Waals surface area contributed by atoms with Crippen LogP contribution in [0.4, 0.5) is 0 Å². The van der Waals surface area contributed by atoms with Crippen LogP contribution in [0.25, 0.3) is 0 Å². The molecule has 0 aromatic rings. The fourth-order valence-corrected chi connectivity index (χ4v) is 1.18. The monoisotopic (exact) mass is 173 g/mol. The van der Waals surface area contributed by atoms with Gasteiger partial charge in [0.25, 0.3) is 0 Å². The second-order valence-corrected chi connectivity index (χ2v) is 2.87. The molecule has 62 valence electrons. The van der Waals surface area contributed by atoms with Crippen molar-refractivity contribution in [2.75, 3.05) is 6.26 Å². The number of ketones is 1. The van der Waals surface area contributed by atoms with E-state index in [1.54, 1.807) is 6.26 Å². The number of hydrogen-bond donors (Lipinski definition) is 2. The van der Waals surface area contributed by atoms with E-state index in [-0.39, 0.29) is 22.2 Å². The lowest BCUT2D eigenvalue weighted by atomic mass is 10.2. The zero-order valence-electron chi connectivity index (χ0n) is 6.76. The van der Waals surface area contributed by atoms with Gasteiger partial charge in [-0.3, -0.25) is 10.2 Å². The van der Waals surface area contributed by atoms with Crippen molar-refractivity contribution in [1.82, 2.24) is 0 Å². The molecule has 0 saturated heterocycles. The van der Waals surface area contributed by atoms with Gasteiger partial charge in [-0.05, 0) is 20.1 Å². The van der Waals surface area contributed by atoms with E-state index in [2.05, 4.69) is 0 Å². The van der Waals surface area contributed by atoms with Gasteiger partial charge < -0.3 is 5.11 Å². The molecule has 3 nitrogen and oxygen atoms in total. The Morgan fingerprint density at radius 3 is 2.00 bits per heavy atom. The number of allylic oxidation sites excluding steroid dienone is 1. The molecule has 0 radical (unpaired) electrons. The molecule has 0 heterocycles. The van der Waals surface area contributed by atoms with E-state index < -0.39 is 0 Å². The van der Waals surface area contributed by atoms with Gasteiger partial charge in [0.05, 0.1) is 5.57 Å². The van der Waals surface area contributed by atoms with Crippen molar-refractivity contribution in [2.24, 2.45) is 0 Å². The number of rotatable bonds is 2. The molecule has 0 rings (SSSR count). The summed E-state index contributed by atoms with van der Waals surface area (Å²) in [5, 5.41) is 16.4. The van der Waals surface area contributed by atoms with Crippen LogP contribution in [0.15, 0.2) is 11.3 Å². The molecular weight excluding hydrogens is 162 g/mol.